The number of methoxy groups -OCH3 is 2. The summed E-state index contributed by atoms with van der Waals surface area (Å²) in [7, 11) is 3.21. The van der Waals surface area contributed by atoms with Crippen LogP contribution in [0.4, 0.5) is 10.5 Å². The number of hydrogen-bond donors (Lipinski definition) is 3. The third-order valence-electron chi connectivity index (χ3n) is 5.76. The number of aromatic nitrogens is 1. The first kappa shape index (κ1) is 23.6. The maximum Gasteiger partial charge on any atom is 0.319 e. The van der Waals surface area contributed by atoms with Crippen LogP contribution < -0.4 is 20.1 Å². The Labute approximate surface area is 198 Å². The zero-order valence-corrected chi connectivity index (χ0v) is 19.2. The van der Waals surface area contributed by atoms with Crippen molar-refractivity contribution in [2.24, 2.45) is 0 Å². The molecule has 0 saturated carbocycles. The molecule has 0 aliphatic carbocycles. The van der Waals surface area contributed by atoms with Crippen LogP contribution in [0.15, 0.2) is 59.1 Å². The number of hydrogen-bond acceptors (Lipinski definition) is 7. The van der Waals surface area contributed by atoms with Gasteiger partial charge >= 0.3 is 6.03 Å². The highest BCUT2D eigenvalue weighted by Crippen LogP contribution is 2.26. The number of carbonyl (C=O) groups is 1. The first-order valence-corrected chi connectivity index (χ1v) is 11.2. The van der Waals surface area contributed by atoms with E-state index in [1.807, 2.05) is 30.3 Å². The largest absolute Gasteiger partial charge is 0.497 e. The van der Waals surface area contributed by atoms with E-state index >= 15 is 0 Å². The van der Waals surface area contributed by atoms with Crippen LogP contribution in [0, 0.1) is 0 Å². The molecule has 4 rings (SSSR count). The van der Waals surface area contributed by atoms with E-state index in [2.05, 4.69) is 15.8 Å². The summed E-state index contributed by atoms with van der Waals surface area (Å²) in [5.74, 6) is 2.15. The molecule has 9 nitrogen and oxygen atoms in total. The lowest BCUT2D eigenvalue weighted by atomic mass is 9.98. The molecule has 0 radical (unpaired) electrons. The van der Waals surface area contributed by atoms with E-state index in [4.69, 9.17) is 18.7 Å². The quantitative estimate of drug-likeness (QED) is 0.463. The Hall–Kier alpha value is -3.56. The summed E-state index contributed by atoms with van der Waals surface area (Å²) in [5.41, 5.74) is 2.32. The van der Waals surface area contributed by atoms with E-state index in [9.17, 15) is 9.90 Å². The molecule has 1 aliphatic rings. The van der Waals surface area contributed by atoms with Crippen molar-refractivity contribution in [2.75, 3.05) is 26.1 Å². The van der Waals surface area contributed by atoms with Crippen molar-refractivity contribution in [3.05, 3.63) is 60.3 Å². The molecule has 1 fully saturated rings. The zero-order chi connectivity index (χ0) is 23.9. The van der Waals surface area contributed by atoms with Crippen LogP contribution in [-0.4, -0.2) is 55.4 Å². The van der Waals surface area contributed by atoms with Crippen molar-refractivity contribution in [3.8, 4) is 22.8 Å². The fourth-order valence-corrected chi connectivity index (χ4v) is 3.86. The second-order valence-electron chi connectivity index (χ2n) is 8.12. The lowest BCUT2D eigenvalue weighted by Gasteiger charge is -2.33. The fourth-order valence-electron chi connectivity index (χ4n) is 3.86. The normalized spacial score (nSPS) is 19.9. The number of rotatable bonds is 8. The third kappa shape index (κ3) is 6.06. The minimum absolute atomic E-state index is 0.131. The van der Waals surface area contributed by atoms with Crippen molar-refractivity contribution in [1.82, 2.24) is 10.5 Å². The van der Waals surface area contributed by atoms with Gasteiger partial charge in [-0.1, -0.05) is 5.16 Å². The van der Waals surface area contributed by atoms with Crippen molar-refractivity contribution >= 4 is 11.7 Å². The van der Waals surface area contributed by atoms with Crippen LogP contribution in [0.3, 0.4) is 0 Å². The minimum Gasteiger partial charge on any atom is -0.497 e. The molecule has 3 aromatic rings. The number of anilines is 1. The Morgan fingerprint density at radius 2 is 1.74 bits per heavy atom. The Kier molecular flexibility index (Phi) is 7.66. The second-order valence-corrected chi connectivity index (χ2v) is 8.12. The monoisotopic (exact) mass is 467 g/mol. The maximum atomic E-state index is 12.2. The van der Waals surface area contributed by atoms with E-state index in [1.54, 1.807) is 38.5 Å². The van der Waals surface area contributed by atoms with Gasteiger partial charge in [0, 0.05) is 30.3 Å². The smallest absolute Gasteiger partial charge is 0.319 e. The Balaban J connectivity index is 1.28. The molecule has 3 unspecified atom stereocenters. The van der Waals surface area contributed by atoms with Gasteiger partial charge in [-0.05, 0) is 61.4 Å². The van der Waals surface area contributed by atoms with Gasteiger partial charge in [-0.25, -0.2) is 4.79 Å². The number of urea groups is 1. The molecule has 9 heteroatoms. The summed E-state index contributed by atoms with van der Waals surface area (Å²) in [6, 6.07) is 16.1. The number of amides is 2. The number of aliphatic hydroxyl groups is 1. The Morgan fingerprint density at radius 3 is 2.41 bits per heavy atom. The minimum atomic E-state index is -0.648. The highest BCUT2D eigenvalue weighted by molar-refractivity contribution is 5.89. The van der Waals surface area contributed by atoms with Gasteiger partial charge in [-0.15, -0.1) is 0 Å². The first-order chi connectivity index (χ1) is 16.5. The first-order valence-electron chi connectivity index (χ1n) is 11.2. The molecule has 2 heterocycles. The molecule has 1 aliphatic heterocycles. The highest BCUT2D eigenvalue weighted by atomic mass is 16.5. The molecule has 0 spiro atoms. The molecule has 3 N–H and O–H groups in total. The topological polar surface area (TPSA) is 115 Å². The van der Waals surface area contributed by atoms with Gasteiger partial charge < -0.3 is 34.5 Å². The van der Waals surface area contributed by atoms with Gasteiger partial charge in [0.2, 0.25) is 0 Å². The predicted octanol–water partition coefficient (Wildman–Crippen LogP) is 3.63. The van der Waals surface area contributed by atoms with Crippen LogP contribution in [0.5, 0.6) is 11.5 Å². The molecule has 2 aromatic carbocycles. The number of aliphatic hydroxyl groups excluding tert-OH is 1. The Bertz CT molecular complexity index is 1070. The van der Waals surface area contributed by atoms with Crippen molar-refractivity contribution < 1.29 is 28.6 Å². The van der Waals surface area contributed by atoms with Gasteiger partial charge in [0.1, 0.15) is 17.6 Å². The number of ether oxygens (including phenoxy) is 3. The summed E-state index contributed by atoms with van der Waals surface area (Å²) in [4.78, 5) is 12.2. The van der Waals surface area contributed by atoms with E-state index < -0.39 is 12.2 Å². The van der Waals surface area contributed by atoms with Crippen LogP contribution >= 0.6 is 0 Å². The zero-order valence-electron chi connectivity index (χ0n) is 19.2. The lowest BCUT2D eigenvalue weighted by Crippen LogP contribution is -2.47. The second kappa shape index (κ2) is 11.0. The van der Waals surface area contributed by atoms with Crippen molar-refractivity contribution in [3.63, 3.8) is 0 Å². The molecule has 1 saturated heterocycles. The molecule has 180 valence electrons. The SMILES string of the molecule is COc1ccc(NC(=O)NCC2OC(Cc3cc(-c4ccc(OC)cc4)on3)CCC2O)cc1. The lowest BCUT2D eigenvalue weighted by molar-refractivity contribution is -0.113. The summed E-state index contributed by atoms with van der Waals surface area (Å²) < 4.78 is 21.9. The highest BCUT2D eigenvalue weighted by Gasteiger charge is 2.31. The average molecular weight is 468 g/mol. The van der Waals surface area contributed by atoms with E-state index in [0.717, 1.165) is 17.0 Å². The number of carbonyl (C=O) groups excluding carboxylic acids is 1. The summed E-state index contributed by atoms with van der Waals surface area (Å²) in [6.45, 7) is 0.190. The number of nitrogens with zero attached hydrogens (tertiary/aromatic N) is 1. The van der Waals surface area contributed by atoms with E-state index in [0.29, 0.717) is 36.5 Å². The van der Waals surface area contributed by atoms with Crippen molar-refractivity contribution in [2.45, 2.75) is 37.6 Å². The van der Waals surface area contributed by atoms with Gasteiger partial charge in [-0.2, -0.15) is 0 Å². The third-order valence-corrected chi connectivity index (χ3v) is 5.76. The molecule has 34 heavy (non-hydrogen) atoms. The van der Waals surface area contributed by atoms with Gasteiger partial charge in [0.05, 0.1) is 32.1 Å². The van der Waals surface area contributed by atoms with Crippen LogP contribution in [-0.2, 0) is 11.2 Å². The molecule has 3 atom stereocenters. The Morgan fingerprint density at radius 1 is 1.06 bits per heavy atom. The predicted molar refractivity (Wildman–Crippen MR) is 126 cm³/mol. The molecule has 2 amide bonds. The molecule has 1 aromatic heterocycles. The van der Waals surface area contributed by atoms with Crippen molar-refractivity contribution in [1.29, 1.82) is 0 Å². The van der Waals surface area contributed by atoms with E-state index in [-0.39, 0.29) is 18.7 Å². The summed E-state index contributed by atoms with van der Waals surface area (Å²) in [5, 5.41) is 20.0. The van der Waals surface area contributed by atoms with Crippen LogP contribution in [0.1, 0.15) is 18.5 Å². The summed E-state index contributed by atoms with van der Waals surface area (Å²) in [6.07, 6.45) is 0.550. The average Bonchev–Trinajstić information content (AvgIpc) is 3.33. The van der Waals surface area contributed by atoms with Gasteiger partial charge in [0.25, 0.3) is 0 Å². The van der Waals surface area contributed by atoms with Crippen LogP contribution in [0.25, 0.3) is 11.3 Å². The van der Waals surface area contributed by atoms with Crippen LogP contribution in [0.2, 0.25) is 0 Å². The van der Waals surface area contributed by atoms with Gasteiger partial charge in [-0.3, -0.25) is 0 Å². The number of benzene rings is 2. The standard InChI is InChI=1S/C25H29N3O6/c1-31-19-7-3-16(4-8-19)23-14-18(28-34-23)13-21-11-12-22(29)24(33-21)15-26-25(30)27-17-5-9-20(32-2)10-6-17/h3-10,14,21-22,24,29H,11-13,15H2,1-2H3,(H2,26,27,30). The number of nitrogens with one attached hydrogen (secondary N) is 2. The summed E-state index contributed by atoms with van der Waals surface area (Å²) >= 11 is 0. The maximum absolute atomic E-state index is 12.2. The molecular formula is C25H29N3O6. The van der Waals surface area contributed by atoms with E-state index in [1.165, 1.54) is 0 Å². The molecule has 0 bridgehead atoms. The fraction of sp³-hybridized carbons (Fsp3) is 0.360. The van der Waals surface area contributed by atoms with Gasteiger partial charge in [0.15, 0.2) is 5.76 Å². The molecular weight excluding hydrogens is 438 g/mol.